The molecule has 2 bridgehead atoms. The summed E-state index contributed by atoms with van der Waals surface area (Å²) in [6.07, 6.45) is 1.50. The third kappa shape index (κ3) is 1.46. The Morgan fingerprint density at radius 1 is 1.54 bits per heavy atom. The van der Waals surface area contributed by atoms with E-state index in [4.69, 9.17) is 5.11 Å². The van der Waals surface area contributed by atoms with Gasteiger partial charge in [-0.05, 0) is 30.9 Å². The molecule has 2 atom stereocenters. The van der Waals surface area contributed by atoms with Crippen LogP contribution in [0.1, 0.15) is 12.8 Å². The molecule has 2 heterocycles. The van der Waals surface area contributed by atoms with E-state index in [0.29, 0.717) is 12.0 Å². The van der Waals surface area contributed by atoms with Crippen LogP contribution in [0.15, 0.2) is 11.4 Å². The normalized spacial score (nSPS) is 36.1. The largest absolute Gasteiger partial charge is 0.476 e. The average Bonchev–Trinajstić information content (AvgIpc) is 2.47. The summed E-state index contributed by atoms with van der Waals surface area (Å²) in [7, 11) is 0. The van der Waals surface area contributed by atoms with Crippen LogP contribution in [-0.2, 0) is 4.79 Å². The van der Waals surface area contributed by atoms with E-state index in [1.807, 2.05) is 0 Å². The van der Waals surface area contributed by atoms with Gasteiger partial charge in [-0.15, -0.1) is 0 Å². The Labute approximate surface area is 75.8 Å². The van der Waals surface area contributed by atoms with E-state index in [9.17, 15) is 9.18 Å². The lowest BCUT2D eigenvalue weighted by molar-refractivity contribution is -0.134. The molecule has 0 amide bonds. The van der Waals surface area contributed by atoms with E-state index in [2.05, 4.69) is 4.90 Å². The Morgan fingerprint density at radius 2 is 2.31 bits per heavy atom. The Bertz CT molecular complexity index is 275. The van der Waals surface area contributed by atoms with Gasteiger partial charge in [-0.1, -0.05) is 0 Å². The SMILES string of the molecule is O=C(O)C(F)=C1CCN2CCC1C2. The Balaban J connectivity index is 2.24. The third-order valence-electron chi connectivity index (χ3n) is 2.93. The van der Waals surface area contributed by atoms with Gasteiger partial charge in [-0.25, -0.2) is 4.79 Å². The van der Waals surface area contributed by atoms with Crippen molar-refractivity contribution in [3.8, 4) is 0 Å². The van der Waals surface area contributed by atoms with E-state index in [-0.39, 0.29) is 5.92 Å². The lowest BCUT2D eigenvalue weighted by atomic mass is 9.93. The zero-order chi connectivity index (χ0) is 9.42. The zero-order valence-electron chi connectivity index (χ0n) is 7.29. The van der Waals surface area contributed by atoms with Gasteiger partial charge in [-0.2, -0.15) is 4.39 Å². The van der Waals surface area contributed by atoms with Crippen LogP contribution in [0.2, 0.25) is 0 Å². The molecule has 4 heteroatoms. The van der Waals surface area contributed by atoms with Gasteiger partial charge >= 0.3 is 5.97 Å². The van der Waals surface area contributed by atoms with E-state index in [1.54, 1.807) is 0 Å². The predicted molar refractivity (Wildman–Crippen MR) is 44.9 cm³/mol. The number of rotatable bonds is 1. The molecule has 0 aromatic heterocycles. The Morgan fingerprint density at radius 3 is 3.00 bits per heavy atom. The minimum atomic E-state index is -1.41. The molecule has 0 saturated carbocycles. The van der Waals surface area contributed by atoms with Crippen LogP contribution in [0.5, 0.6) is 0 Å². The molecule has 2 rings (SSSR count). The minimum absolute atomic E-state index is 0.157. The highest BCUT2D eigenvalue weighted by Gasteiger charge is 2.33. The molecule has 3 nitrogen and oxygen atoms in total. The van der Waals surface area contributed by atoms with Gasteiger partial charge in [0, 0.05) is 13.1 Å². The molecule has 0 aromatic carbocycles. The summed E-state index contributed by atoms with van der Waals surface area (Å²) in [4.78, 5) is 12.7. The Hall–Kier alpha value is -0.900. The Kier molecular flexibility index (Phi) is 2.07. The van der Waals surface area contributed by atoms with E-state index in [0.717, 1.165) is 26.1 Å². The summed E-state index contributed by atoms with van der Waals surface area (Å²) in [5.74, 6) is -2.16. The maximum absolute atomic E-state index is 13.1. The molecular weight excluding hydrogens is 173 g/mol. The van der Waals surface area contributed by atoms with Crippen molar-refractivity contribution in [1.29, 1.82) is 0 Å². The second kappa shape index (κ2) is 3.10. The summed E-state index contributed by atoms with van der Waals surface area (Å²) in [6.45, 7) is 2.64. The first-order valence-corrected chi connectivity index (χ1v) is 4.52. The smallest absolute Gasteiger partial charge is 0.364 e. The third-order valence-corrected chi connectivity index (χ3v) is 2.93. The van der Waals surface area contributed by atoms with E-state index < -0.39 is 11.8 Å². The molecule has 72 valence electrons. The molecule has 13 heavy (non-hydrogen) atoms. The second-order valence-corrected chi connectivity index (χ2v) is 3.68. The van der Waals surface area contributed by atoms with Crippen molar-refractivity contribution in [3.05, 3.63) is 11.4 Å². The number of carboxylic acids is 1. The van der Waals surface area contributed by atoms with Crippen LogP contribution in [-0.4, -0.2) is 35.6 Å². The van der Waals surface area contributed by atoms with Crippen molar-refractivity contribution in [2.24, 2.45) is 5.92 Å². The van der Waals surface area contributed by atoms with Gasteiger partial charge in [0.25, 0.3) is 0 Å². The highest BCUT2D eigenvalue weighted by molar-refractivity contribution is 5.85. The molecule has 2 aliphatic heterocycles. The fraction of sp³-hybridized carbons (Fsp3) is 0.667. The highest BCUT2D eigenvalue weighted by Crippen LogP contribution is 2.33. The summed E-state index contributed by atoms with van der Waals surface area (Å²) < 4.78 is 13.1. The monoisotopic (exact) mass is 185 g/mol. The standard InChI is InChI=1S/C9H12FNO2/c10-8(9(12)13)7-2-4-11-3-1-6(7)5-11/h6H,1-5H2,(H,12,13). The van der Waals surface area contributed by atoms with Crippen LogP contribution in [0.25, 0.3) is 0 Å². The fourth-order valence-electron chi connectivity index (χ4n) is 2.23. The number of piperidine rings is 1. The van der Waals surface area contributed by atoms with Gasteiger partial charge in [-0.3, -0.25) is 0 Å². The summed E-state index contributed by atoms with van der Waals surface area (Å²) in [5, 5.41) is 8.51. The number of carbonyl (C=O) groups is 1. The molecule has 1 N–H and O–H groups in total. The maximum Gasteiger partial charge on any atom is 0.364 e. The maximum atomic E-state index is 13.1. The molecule has 2 aliphatic rings. The minimum Gasteiger partial charge on any atom is -0.476 e. The highest BCUT2D eigenvalue weighted by atomic mass is 19.1. The van der Waals surface area contributed by atoms with Crippen LogP contribution in [0, 0.1) is 5.92 Å². The van der Waals surface area contributed by atoms with Gasteiger partial charge in [0.1, 0.15) is 0 Å². The molecule has 2 unspecified atom stereocenters. The number of hydrogen-bond acceptors (Lipinski definition) is 2. The predicted octanol–water partition coefficient (Wildman–Crippen LogP) is 1.02. The van der Waals surface area contributed by atoms with Crippen LogP contribution in [0.3, 0.4) is 0 Å². The molecule has 2 saturated heterocycles. The number of halogens is 1. The van der Waals surface area contributed by atoms with Crippen LogP contribution in [0.4, 0.5) is 4.39 Å². The lowest BCUT2D eigenvalue weighted by Gasteiger charge is -2.24. The van der Waals surface area contributed by atoms with Crippen molar-refractivity contribution in [2.45, 2.75) is 12.8 Å². The van der Waals surface area contributed by atoms with Crippen LogP contribution < -0.4 is 0 Å². The number of carboxylic acid groups (broad SMARTS) is 1. The first-order valence-electron chi connectivity index (χ1n) is 4.52. The number of nitrogens with zero attached hydrogens (tertiary/aromatic N) is 1. The van der Waals surface area contributed by atoms with Gasteiger partial charge in [0.15, 0.2) is 0 Å². The lowest BCUT2D eigenvalue weighted by Crippen LogP contribution is -2.28. The molecular formula is C9H12FNO2. The first kappa shape index (κ1) is 8.69. The quantitative estimate of drug-likeness (QED) is 0.620. The summed E-state index contributed by atoms with van der Waals surface area (Å²) in [5.41, 5.74) is 0.529. The van der Waals surface area contributed by atoms with Gasteiger partial charge in [0.05, 0.1) is 0 Å². The molecule has 0 radical (unpaired) electrons. The van der Waals surface area contributed by atoms with E-state index >= 15 is 0 Å². The fourth-order valence-corrected chi connectivity index (χ4v) is 2.23. The van der Waals surface area contributed by atoms with Crippen molar-refractivity contribution < 1.29 is 14.3 Å². The number of fused-ring (bicyclic) bond motifs is 2. The van der Waals surface area contributed by atoms with Crippen molar-refractivity contribution in [2.75, 3.05) is 19.6 Å². The number of aliphatic carboxylic acids is 1. The summed E-state index contributed by atoms with van der Waals surface area (Å²) >= 11 is 0. The van der Waals surface area contributed by atoms with Gasteiger partial charge in [0.2, 0.25) is 5.83 Å². The number of hydrogen-bond donors (Lipinski definition) is 1. The van der Waals surface area contributed by atoms with Crippen molar-refractivity contribution >= 4 is 5.97 Å². The van der Waals surface area contributed by atoms with Crippen molar-refractivity contribution in [1.82, 2.24) is 4.90 Å². The van der Waals surface area contributed by atoms with Gasteiger partial charge < -0.3 is 10.0 Å². The van der Waals surface area contributed by atoms with Crippen LogP contribution >= 0.6 is 0 Å². The van der Waals surface area contributed by atoms with Crippen molar-refractivity contribution in [3.63, 3.8) is 0 Å². The topological polar surface area (TPSA) is 40.5 Å². The second-order valence-electron chi connectivity index (χ2n) is 3.68. The summed E-state index contributed by atoms with van der Waals surface area (Å²) in [6, 6.07) is 0. The average molecular weight is 185 g/mol. The van der Waals surface area contributed by atoms with E-state index in [1.165, 1.54) is 0 Å². The molecule has 0 aromatic rings. The molecule has 2 fully saturated rings. The molecule has 0 spiro atoms. The first-order chi connectivity index (χ1) is 6.18. The zero-order valence-corrected chi connectivity index (χ0v) is 7.29. The molecule has 0 aliphatic carbocycles.